The zero-order valence-electron chi connectivity index (χ0n) is 16.6. The van der Waals surface area contributed by atoms with E-state index in [1.165, 1.54) is 19.3 Å². The molecule has 0 spiro atoms. The van der Waals surface area contributed by atoms with Gasteiger partial charge in [-0.1, -0.05) is 24.4 Å². The number of pyridine rings is 1. The van der Waals surface area contributed by atoms with Gasteiger partial charge in [0.1, 0.15) is 5.82 Å². The number of nitrogens with zero attached hydrogens (tertiary/aromatic N) is 3. The number of amides is 1. The van der Waals surface area contributed by atoms with Crippen LogP contribution >= 0.6 is 11.6 Å². The first-order valence-corrected chi connectivity index (χ1v) is 10.9. The van der Waals surface area contributed by atoms with E-state index < -0.39 is 11.7 Å². The average Bonchev–Trinajstić information content (AvgIpc) is 3.02. The van der Waals surface area contributed by atoms with E-state index in [9.17, 15) is 18.0 Å². The third-order valence-electron chi connectivity index (χ3n) is 6.89. The number of carbonyl (C=O) groups is 1. The number of alkyl halides is 3. The Morgan fingerprint density at radius 2 is 1.86 bits per heavy atom. The van der Waals surface area contributed by atoms with Gasteiger partial charge in [0.25, 0.3) is 0 Å². The molecular weight excluding hydrogens is 403 g/mol. The van der Waals surface area contributed by atoms with Gasteiger partial charge < -0.3 is 9.80 Å². The van der Waals surface area contributed by atoms with Crippen LogP contribution in [0.25, 0.3) is 0 Å². The first-order valence-electron chi connectivity index (χ1n) is 10.6. The molecule has 0 aromatic carbocycles. The molecule has 29 heavy (non-hydrogen) atoms. The van der Waals surface area contributed by atoms with Crippen LogP contribution in [0.4, 0.5) is 19.0 Å². The Bertz CT molecular complexity index is 764. The largest absolute Gasteiger partial charge is 0.417 e. The summed E-state index contributed by atoms with van der Waals surface area (Å²) in [5.74, 6) is 1.26. The van der Waals surface area contributed by atoms with Gasteiger partial charge in [0, 0.05) is 37.3 Å². The van der Waals surface area contributed by atoms with Crippen LogP contribution in [0.3, 0.4) is 0 Å². The molecule has 1 aromatic rings. The van der Waals surface area contributed by atoms with Crippen LogP contribution < -0.4 is 4.90 Å². The molecule has 1 saturated carbocycles. The third-order valence-corrected chi connectivity index (χ3v) is 7.17. The normalized spacial score (nSPS) is 28.5. The summed E-state index contributed by atoms with van der Waals surface area (Å²) in [5, 5.41) is 0.00261. The third kappa shape index (κ3) is 4.07. The zero-order chi connectivity index (χ0) is 20.8. The van der Waals surface area contributed by atoms with Gasteiger partial charge in [-0.15, -0.1) is 0 Å². The first kappa shape index (κ1) is 20.8. The number of halogens is 4. The summed E-state index contributed by atoms with van der Waals surface area (Å²) >= 11 is 6.09. The van der Waals surface area contributed by atoms with Crippen LogP contribution in [0.1, 0.15) is 57.4 Å². The molecule has 0 bridgehead atoms. The number of fused-ring (bicyclic) bond motifs is 1. The highest BCUT2D eigenvalue weighted by Gasteiger charge is 2.44. The monoisotopic (exact) mass is 429 g/mol. The van der Waals surface area contributed by atoms with E-state index in [0.717, 1.165) is 25.1 Å². The molecule has 2 saturated heterocycles. The number of hydrogen-bond donors (Lipinski definition) is 0. The minimum atomic E-state index is -4.46. The van der Waals surface area contributed by atoms with Gasteiger partial charge >= 0.3 is 6.18 Å². The summed E-state index contributed by atoms with van der Waals surface area (Å²) < 4.78 is 38.5. The van der Waals surface area contributed by atoms with E-state index in [1.807, 2.05) is 4.90 Å². The van der Waals surface area contributed by atoms with Crippen LogP contribution in [-0.4, -0.2) is 41.0 Å². The maximum absolute atomic E-state index is 13.3. The van der Waals surface area contributed by atoms with Crippen LogP contribution in [0.2, 0.25) is 5.02 Å². The van der Waals surface area contributed by atoms with Crippen LogP contribution in [0.5, 0.6) is 0 Å². The topological polar surface area (TPSA) is 36.4 Å². The van der Waals surface area contributed by atoms with Crippen molar-refractivity contribution in [3.8, 4) is 0 Å². The molecule has 3 unspecified atom stereocenters. The average molecular weight is 430 g/mol. The molecule has 2 aliphatic heterocycles. The van der Waals surface area contributed by atoms with Gasteiger partial charge in [0.2, 0.25) is 5.91 Å². The van der Waals surface area contributed by atoms with Crippen molar-refractivity contribution < 1.29 is 18.0 Å². The van der Waals surface area contributed by atoms with Gasteiger partial charge in [-0.2, -0.15) is 13.2 Å². The lowest BCUT2D eigenvalue weighted by molar-refractivity contribution is -0.140. The van der Waals surface area contributed by atoms with Crippen molar-refractivity contribution in [2.75, 3.05) is 18.0 Å². The fourth-order valence-electron chi connectivity index (χ4n) is 5.46. The molecule has 1 aromatic heterocycles. The Morgan fingerprint density at radius 3 is 2.52 bits per heavy atom. The highest BCUT2D eigenvalue weighted by atomic mass is 35.5. The number of anilines is 1. The standard InChI is InChI=1S/C21H27ClF3N3O/c1-13-10-15-4-2-3-5-18(15)28(13)20(29)14-6-8-27(9-7-14)19-17(22)11-16(12-26-19)21(23,24)25/h11-15,18H,2-10H2,1H3. The zero-order valence-corrected chi connectivity index (χ0v) is 17.3. The quantitative estimate of drug-likeness (QED) is 0.652. The summed E-state index contributed by atoms with van der Waals surface area (Å²) in [7, 11) is 0. The van der Waals surface area contributed by atoms with Crippen LogP contribution in [-0.2, 0) is 11.0 Å². The highest BCUT2D eigenvalue weighted by Crippen LogP contribution is 2.41. The predicted molar refractivity (Wildman–Crippen MR) is 106 cm³/mol. The second-order valence-electron chi connectivity index (χ2n) is 8.73. The van der Waals surface area contributed by atoms with E-state index in [2.05, 4.69) is 16.8 Å². The Kier molecular flexibility index (Phi) is 5.70. The molecule has 3 heterocycles. The van der Waals surface area contributed by atoms with Crippen molar-refractivity contribution in [2.45, 2.75) is 70.1 Å². The lowest BCUT2D eigenvalue weighted by Crippen LogP contribution is -2.48. The SMILES string of the molecule is CC1CC2CCCCC2N1C(=O)C1CCN(c2ncc(C(F)(F)F)cc2Cl)CC1. The van der Waals surface area contributed by atoms with Crippen molar-refractivity contribution >= 4 is 23.3 Å². The minimum absolute atomic E-state index is 0.00261. The molecule has 160 valence electrons. The van der Waals surface area contributed by atoms with Crippen molar-refractivity contribution in [1.29, 1.82) is 0 Å². The second-order valence-corrected chi connectivity index (χ2v) is 9.14. The fourth-order valence-corrected chi connectivity index (χ4v) is 5.74. The first-order chi connectivity index (χ1) is 13.8. The van der Waals surface area contributed by atoms with E-state index >= 15 is 0 Å². The van der Waals surface area contributed by atoms with E-state index in [0.29, 0.717) is 49.8 Å². The van der Waals surface area contributed by atoms with Gasteiger partial charge in [0.15, 0.2) is 0 Å². The van der Waals surface area contributed by atoms with Crippen molar-refractivity contribution in [3.05, 3.63) is 22.8 Å². The van der Waals surface area contributed by atoms with E-state index in [1.54, 1.807) is 0 Å². The number of likely N-dealkylation sites (tertiary alicyclic amines) is 1. The van der Waals surface area contributed by atoms with E-state index in [-0.39, 0.29) is 16.8 Å². The minimum Gasteiger partial charge on any atom is -0.355 e. The van der Waals surface area contributed by atoms with Crippen molar-refractivity contribution in [2.24, 2.45) is 11.8 Å². The van der Waals surface area contributed by atoms with Gasteiger partial charge in [0.05, 0.1) is 10.6 Å². The number of piperidine rings is 1. The number of aromatic nitrogens is 1. The van der Waals surface area contributed by atoms with Crippen LogP contribution in [0.15, 0.2) is 12.3 Å². The van der Waals surface area contributed by atoms with E-state index in [4.69, 9.17) is 11.6 Å². The molecule has 3 fully saturated rings. The fraction of sp³-hybridized carbons (Fsp3) is 0.714. The molecule has 0 N–H and O–H groups in total. The Morgan fingerprint density at radius 1 is 1.17 bits per heavy atom. The summed E-state index contributed by atoms with van der Waals surface area (Å²) in [4.78, 5) is 21.3. The lowest BCUT2D eigenvalue weighted by atomic mass is 9.84. The maximum atomic E-state index is 13.3. The molecule has 3 atom stereocenters. The lowest BCUT2D eigenvalue weighted by Gasteiger charge is -2.38. The Labute approximate surface area is 174 Å². The number of carbonyl (C=O) groups excluding carboxylic acids is 1. The molecule has 3 aliphatic rings. The molecule has 0 radical (unpaired) electrons. The molecule has 1 amide bonds. The van der Waals surface area contributed by atoms with Crippen molar-refractivity contribution in [3.63, 3.8) is 0 Å². The summed E-state index contributed by atoms with van der Waals surface area (Å²) in [6, 6.07) is 1.63. The Hall–Kier alpha value is -1.50. The second kappa shape index (κ2) is 7.97. The van der Waals surface area contributed by atoms with Crippen molar-refractivity contribution in [1.82, 2.24) is 9.88 Å². The van der Waals surface area contributed by atoms with Gasteiger partial charge in [-0.25, -0.2) is 4.98 Å². The summed E-state index contributed by atoms with van der Waals surface area (Å²) in [6.07, 6.45) is 3.66. The van der Waals surface area contributed by atoms with Gasteiger partial charge in [-0.05, 0) is 51.0 Å². The molecule has 1 aliphatic carbocycles. The number of rotatable bonds is 2. The summed E-state index contributed by atoms with van der Waals surface area (Å²) in [6.45, 7) is 3.31. The maximum Gasteiger partial charge on any atom is 0.417 e. The summed E-state index contributed by atoms with van der Waals surface area (Å²) in [5.41, 5.74) is -0.846. The smallest absolute Gasteiger partial charge is 0.355 e. The molecule has 4 nitrogen and oxygen atoms in total. The predicted octanol–water partition coefficient (Wildman–Crippen LogP) is 5.15. The van der Waals surface area contributed by atoms with Crippen LogP contribution in [0, 0.1) is 11.8 Å². The number of hydrogen-bond acceptors (Lipinski definition) is 3. The molecule has 4 rings (SSSR count). The Balaban J connectivity index is 1.40. The highest BCUT2D eigenvalue weighted by molar-refractivity contribution is 6.33. The molecule has 8 heteroatoms. The molecular formula is C21H27ClF3N3O. The van der Waals surface area contributed by atoms with Gasteiger partial charge in [-0.3, -0.25) is 4.79 Å².